The zero-order valence-electron chi connectivity index (χ0n) is 16.2. The van der Waals surface area contributed by atoms with Crippen LogP contribution in [0.3, 0.4) is 0 Å². The van der Waals surface area contributed by atoms with Crippen molar-refractivity contribution in [3.63, 3.8) is 0 Å². The minimum absolute atomic E-state index is 0.0260. The Kier molecular flexibility index (Phi) is 5.15. The van der Waals surface area contributed by atoms with Crippen LogP contribution in [0.4, 0.5) is 0 Å². The molecule has 4 rings (SSSR count). The smallest absolute Gasteiger partial charge is 0.254 e. The van der Waals surface area contributed by atoms with E-state index in [4.69, 9.17) is 4.52 Å². The van der Waals surface area contributed by atoms with E-state index in [1.165, 1.54) is 0 Å². The largest absolute Gasteiger partial charge is 0.356 e. The highest BCUT2D eigenvalue weighted by molar-refractivity contribution is 5.99. The number of aryl methyl sites for hydroxylation is 1. The Labute approximate surface area is 164 Å². The highest BCUT2D eigenvalue weighted by Gasteiger charge is 2.45. The van der Waals surface area contributed by atoms with Gasteiger partial charge in [0.2, 0.25) is 11.8 Å². The lowest BCUT2D eigenvalue weighted by molar-refractivity contribution is -0.124. The summed E-state index contributed by atoms with van der Waals surface area (Å²) in [5.41, 5.74) is 1.45. The van der Waals surface area contributed by atoms with Crippen LogP contribution in [0.1, 0.15) is 66.2 Å². The van der Waals surface area contributed by atoms with Gasteiger partial charge in [0.15, 0.2) is 5.82 Å². The monoisotopic (exact) mass is 382 g/mol. The summed E-state index contributed by atoms with van der Waals surface area (Å²) in [6.45, 7) is 2.82. The fourth-order valence-corrected chi connectivity index (χ4v) is 4.50. The molecule has 2 aliphatic rings. The van der Waals surface area contributed by atoms with Crippen LogP contribution < -0.4 is 5.32 Å². The van der Waals surface area contributed by atoms with E-state index in [-0.39, 0.29) is 17.4 Å². The predicted molar refractivity (Wildman–Crippen MR) is 102 cm³/mol. The van der Waals surface area contributed by atoms with Gasteiger partial charge in [-0.2, -0.15) is 4.98 Å². The fraction of sp³-hybridized carbons (Fsp3) is 0.524. The van der Waals surface area contributed by atoms with Gasteiger partial charge in [0.05, 0.1) is 5.54 Å². The number of benzene rings is 1. The van der Waals surface area contributed by atoms with Gasteiger partial charge >= 0.3 is 0 Å². The molecule has 2 aromatic rings. The molecule has 1 aliphatic heterocycles. The van der Waals surface area contributed by atoms with Gasteiger partial charge in [-0.1, -0.05) is 42.6 Å². The van der Waals surface area contributed by atoms with Crippen molar-refractivity contribution in [3.05, 3.63) is 47.1 Å². The Bertz CT molecular complexity index is 870. The molecule has 0 saturated heterocycles. The number of fused-ring (bicyclic) bond motifs is 1. The molecule has 0 unspecified atom stereocenters. The summed E-state index contributed by atoms with van der Waals surface area (Å²) in [4.78, 5) is 31.9. The summed E-state index contributed by atoms with van der Waals surface area (Å²) in [5, 5.41) is 6.72. The third-order valence-corrected chi connectivity index (χ3v) is 5.90. The second-order valence-electron chi connectivity index (χ2n) is 7.85. The van der Waals surface area contributed by atoms with Gasteiger partial charge in [-0.05, 0) is 31.4 Å². The van der Waals surface area contributed by atoms with Crippen LogP contribution in [0.2, 0.25) is 0 Å². The Morgan fingerprint density at radius 3 is 2.75 bits per heavy atom. The molecule has 1 aliphatic carbocycles. The molecular formula is C21H26N4O3. The van der Waals surface area contributed by atoms with E-state index in [0.717, 1.165) is 43.2 Å². The molecule has 0 radical (unpaired) electrons. The number of hydrogen-bond acceptors (Lipinski definition) is 5. The lowest BCUT2D eigenvalue weighted by Gasteiger charge is -2.44. The first kappa shape index (κ1) is 18.7. The average Bonchev–Trinajstić information content (AvgIpc) is 3.26. The Morgan fingerprint density at radius 2 is 2.04 bits per heavy atom. The van der Waals surface area contributed by atoms with Crippen molar-refractivity contribution < 1.29 is 14.1 Å². The van der Waals surface area contributed by atoms with E-state index in [2.05, 4.69) is 15.5 Å². The van der Waals surface area contributed by atoms with Crippen LogP contribution >= 0.6 is 0 Å². The molecule has 148 valence electrons. The van der Waals surface area contributed by atoms with E-state index in [1.54, 1.807) is 6.92 Å². The Hall–Kier alpha value is -2.70. The number of nitrogens with one attached hydrogen (secondary N) is 1. The first-order valence-electron chi connectivity index (χ1n) is 10.0. The first-order chi connectivity index (χ1) is 13.6. The minimum atomic E-state index is -0.389. The Balaban J connectivity index is 1.43. The van der Waals surface area contributed by atoms with Crippen LogP contribution in [0.25, 0.3) is 0 Å². The van der Waals surface area contributed by atoms with Crippen LogP contribution in [0.15, 0.2) is 28.8 Å². The number of rotatable bonds is 6. The Morgan fingerprint density at radius 1 is 1.25 bits per heavy atom. The zero-order valence-corrected chi connectivity index (χ0v) is 16.2. The van der Waals surface area contributed by atoms with Gasteiger partial charge < -0.3 is 14.7 Å². The van der Waals surface area contributed by atoms with Crippen molar-refractivity contribution >= 4 is 11.8 Å². The molecule has 7 nitrogen and oxygen atoms in total. The molecular weight excluding hydrogens is 356 g/mol. The normalized spacial score (nSPS) is 18.2. The van der Waals surface area contributed by atoms with E-state index >= 15 is 0 Å². The van der Waals surface area contributed by atoms with Gasteiger partial charge in [-0.25, -0.2) is 0 Å². The van der Waals surface area contributed by atoms with Crippen LogP contribution in [-0.2, 0) is 17.8 Å². The molecule has 1 saturated carbocycles. The quantitative estimate of drug-likeness (QED) is 0.830. The molecule has 1 fully saturated rings. The number of amides is 2. The number of hydrogen-bond donors (Lipinski definition) is 1. The molecule has 1 aromatic heterocycles. The van der Waals surface area contributed by atoms with Crippen molar-refractivity contribution in [3.8, 4) is 0 Å². The lowest BCUT2D eigenvalue weighted by Crippen LogP contribution is -2.52. The maximum atomic E-state index is 13.1. The summed E-state index contributed by atoms with van der Waals surface area (Å²) in [7, 11) is 0. The standard InChI is InChI=1S/C21H26N4O3/c1-15-23-19(28-24-15)9-12-22-18(26)13-21(10-5-2-6-11-21)25-14-16-7-3-4-8-17(16)20(25)27/h3-4,7-8H,2,5-6,9-14H2,1H3,(H,22,26). The number of aromatic nitrogens is 2. The fourth-order valence-electron chi connectivity index (χ4n) is 4.50. The molecule has 28 heavy (non-hydrogen) atoms. The third-order valence-electron chi connectivity index (χ3n) is 5.90. The van der Waals surface area contributed by atoms with E-state index < -0.39 is 0 Å². The number of carbonyl (C=O) groups is 2. The third kappa shape index (κ3) is 3.66. The van der Waals surface area contributed by atoms with Crippen LogP contribution in [0.5, 0.6) is 0 Å². The first-order valence-corrected chi connectivity index (χ1v) is 10.0. The van der Waals surface area contributed by atoms with E-state index in [1.807, 2.05) is 29.2 Å². The second-order valence-corrected chi connectivity index (χ2v) is 7.85. The van der Waals surface area contributed by atoms with Crippen molar-refractivity contribution in [2.24, 2.45) is 0 Å². The summed E-state index contributed by atoms with van der Waals surface area (Å²) < 4.78 is 5.08. The van der Waals surface area contributed by atoms with Gasteiger partial charge in [0.1, 0.15) is 0 Å². The molecule has 0 bridgehead atoms. The molecule has 2 heterocycles. The molecule has 1 N–H and O–H groups in total. The summed E-state index contributed by atoms with van der Waals surface area (Å²) >= 11 is 0. The van der Waals surface area contributed by atoms with Crippen molar-refractivity contribution in [1.82, 2.24) is 20.4 Å². The summed E-state index contributed by atoms with van der Waals surface area (Å²) in [5.74, 6) is 1.15. The van der Waals surface area contributed by atoms with Gasteiger partial charge in [-0.15, -0.1) is 0 Å². The molecule has 0 atom stereocenters. The molecule has 7 heteroatoms. The zero-order chi connectivity index (χ0) is 19.6. The average molecular weight is 382 g/mol. The highest BCUT2D eigenvalue weighted by atomic mass is 16.5. The van der Waals surface area contributed by atoms with Gasteiger partial charge in [0, 0.05) is 31.5 Å². The molecule has 2 amide bonds. The second kappa shape index (κ2) is 7.73. The minimum Gasteiger partial charge on any atom is -0.356 e. The van der Waals surface area contributed by atoms with E-state index in [9.17, 15) is 9.59 Å². The number of carbonyl (C=O) groups excluding carboxylic acids is 2. The van der Waals surface area contributed by atoms with Crippen molar-refractivity contribution in [1.29, 1.82) is 0 Å². The molecule has 1 aromatic carbocycles. The molecule has 0 spiro atoms. The van der Waals surface area contributed by atoms with E-state index in [0.29, 0.717) is 37.6 Å². The highest BCUT2D eigenvalue weighted by Crippen LogP contribution is 2.41. The SMILES string of the molecule is Cc1noc(CCNC(=O)CC2(N3Cc4ccccc4C3=O)CCCCC2)n1. The van der Waals surface area contributed by atoms with Crippen LogP contribution in [-0.4, -0.2) is 38.9 Å². The van der Waals surface area contributed by atoms with Crippen LogP contribution in [0, 0.1) is 6.92 Å². The lowest BCUT2D eigenvalue weighted by atomic mass is 9.77. The summed E-state index contributed by atoms with van der Waals surface area (Å²) in [6.07, 6.45) is 5.87. The summed E-state index contributed by atoms with van der Waals surface area (Å²) in [6, 6.07) is 7.77. The number of nitrogens with zero attached hydrogens (tertiary/aromatic N) is 3. The van der Waals surface area contributed by atoms with Crippen molar-refractivity contribution in [2.75, 3.05) is 6.54 Å². The maximum absolute atomic E-state index is 13.1. The topological polar surface area (TPSA) is 88.3 Å². The predicted octanol–water partition coefficient (Wildman–Crippen LogP) is 2.79. The maximum Gasteiger partial charge on any atom is 0.254 e. The van der Waals surface area contributed by atoms with Gasteiger partial charge in [-0.3, -0.25) is 9.59 Å². The van der Waals surface area contributed by atoms with Gasteiger partial charge in [0.25, 0.3) is 5.91 Å². The van der Waals surface area contributed by atoms with Crippen molar-refractivity contribution in [2.45, 2.75) is 64.0 Å².